The van der Waals surface area contributed by atoms with Crippen LogP contribution < -0.4 is 11.1 Å². The number of hydrogen-bond acceptors (Lipinski definition) is 5. The Balaban J connectivity index is 1.64. The number of halogens is 5. The summed E-state index contributed by atoms with van der Waals surface area (Å²) in [7, 11) is 5.24. The summed E-state index contributed by atoms with van der Waals surface area (Å²) in [6.45, 7) is 2.24. The summed E-state index contributed by atoms with van der Waals surface area (Å²) in [5.41, 5.74) is 5.40. The lowest BCUT2D eigenvalue weighted by atomic mass is 9.43. The maximum Gasteiger partial charge on any atom is 0.393 e. The monoisotopic (exact) mass is 552 g/mol. The van der Waals surface area contributed by atoms with Crippen molar-refractivity contribution in [2.75, 3.05) is 6.61 Å². The van der Waals surface area contributed by atoms with Gasteiger partial charge in [-0.25, -0.2) is 23.1 Å². The Morgan fingerprint density at radius 1 is 1.23 bits per heavy atom. The lowest BCUT2D eigenvalue weighted by molar-refractivity contribution is -0.214. The fourth-order valence-electron chi connectivity index (χ4n) is 4.97. The van der Waals surface area contributed by atoms with E-state index in [9.17, 15) is 18.0 Å². The van der Waals surface area contributed by atoms with Crippen molar-refractivity contribution < 1.29 is 31.5 Å². The largest absolute Gasteiger partial charge is 0.393 e. The molecule has 2 aliphatic rings. The summed E-state index contributed by atoms with van der Waals surface area (Å²) in [5.74, 6) is -3.30. The highest BCUT2D eigenvalue weighted by Gasteiger charge is 2.65. The van der Waals surface area contributed by atoms with Gasteiger partial charge in [0.1, 0.15) is 31.4 Å². The van der Waals surface area contributed by atoms with E-state index >= 15 is 8.78 Å². The molecule has 3 N–H and O–H groups in total. The molecule has 2 amide bonds. The first-order valence-electron chi connectivity index (χ1n) is 13.1. The van der Waals surface area contributed by atoms with Gasteiger partial charge in [0.05, 0.1) is 42.3 Å². The van der Waals surface area contributed by atoms with Crippen molar-refractivity contribution in [1.82, 2.24) is 24.8 Å². The summed E-state index contributed by atoms with van der Waals surface area (Å²) in [5, 5.41) is 3.13. The topological polar surface area (TPSA) is 97.8 Å². The van der Waals surface area contributed by atoms with Crippen molar-refractivity contribution in [3.8, 4) is 0 Å². The summed E-state index contributed by atoms with van der Waals surface area (Å²) < 4.78 is 78.4. The number of nitrogens with one attached hydrogen (secondary N) is 1. The van der Waals surface area contributed by atoms with E-state index in [1.807, 2.05) is 0 Å². The summed E-state index contributed by atoms with van der Waals surface area (Å²) in [4.78, 5) is 18.8. The Kier molecular flexibility index (Phi) is 7.37. The van der Waals surface area contributed by atoms with Crippen LogP contribution in [0.1, 0.15) is 62.9 Å². The number of nitrogens with two attached hydrogens (primary N) is 1. The first-order chi connectivity index (χ1) is 17.8. The molecule has 0 unspecified atom stereocenters. The summed E-state index contributed by atoms with van der Waals surface area (Å²) in [6, 6.07) is -0.705. The number of rotatable bonds is 9. The van der Waals surface area contributed by atoms with Crippen molar-refractivity contribution in [2.45, 2.75) is 80.5 Å². The second-order valence-electron chi connectivity index (χ2n) is 12.4. The second kappa shape index (κ2) is 9.67. The molecule has 210 valence electrons. The number of alkyl halides is 5. The zero-order chi connectivity index (χ0) is 29.2. The zero-order valence-corrected chi connectivity index (χ0v) is 23.1. The molecule has 1 saturated heterocycles. The number of amides is 2. The molecule has 8 nitrogen and oxygen atoms in total. The van der Waals surface area contributed by atoms with Crippen LogP contribution in [0.25, 0.3) is 5.65 Å². The number of carbonyl (C=O) groups is 1. The smallest absolute Gasteiger partial charge is 0.376 e. The van der Waals surface area contributed by atoms with Gasteiger partial charge in [-0.1, -0.05) is 13.8 Å². The van der Waals surface area contributed by atoms with E-state index in [2.05, 4.69) is 15.4 Å². The fraction of sp³-hybridized carbons (Fsp3) is 0.682. The molecule has 39 heavy (non-hydrogen) atoms. The average molecular weight is 552 g/mol. The highest BCUT2D eigenvalue weighted by atomic mass is 19.4. The van der Waals surface area contributed by atoms with Crippen molar-refractivity contribution in [1.29, 1.82) is 0 Å². The average Bonchev–Trinajstić information content (AvgIpc) is 3.53. The van der Waals surface area contributed by atoms with Gasteiger partial charge in [-0.3, -0.25) is 0 Å². The molecule has 3 heterocycles. The predicted octanol–water partition coefficient (Wildman–Crippen LogP) is -0.182. The maximum atomic E-state index is 15.6. The first kappa shape index (κ1) is 29.7. The first-order valence-corrected chi connectivity index (χ1v) is 13.1. The minimum Gasteiger partial charge on any atom is -0.376 e. The maximum absolute atomic E-state index is 15.6. The molecule has 2 aromatic heterocycles. The van der Waals surface area contributed by atoms with Crippen LogP contribution in [0.3, 0.4) is 0 Å². The van der Waals surface area contributed by atoms with Crippen LogP contribution in [0.2, 0.25) is 0 Å². The van der Waals surface area contributed by atoms with E-state index < -0.39 is 46.3 Å². The molecule has 2 aromatic rings. The lowest BCUT2D eigenvalue weighted by Crippen LogP contribution is -2.83. The van der Waals surface area contributed by atoms with Gasteiger partial charge in [0.2, 0.25) is 0 Å². The molecule has 2 fully saturated rings. The SMILES string of the molecule is BC1(B)NC(=O)N([C@H](COC2CC2)c2cnn3cc([C@@H](N)CCC(C)(C)C(F)(F)F)nc3c2)C(B)(B)C1(F)F. The Labute approximate surface area is 227 Å². The number of ether oxygens (including phenoxy) is 1. The lowest BCUT2D eigenvalue weighted by Gasteiger charge is -2.57. The van der Waals surface area contributed by atoms with Crippen LogP contribution in [0.5, 0.6) is 0 Å². The molecule has 4 rings (SSSR count). The molecule has 0 aromatic carbocycles. The van der Waals surface area contributed by atoms with Gasteiger partial charge >= 0.3 is 12.2 Å². The van der Waals surface area contributed by atoms with Crippen molar-refractivity contribution in [3.05, 3.63) is 29.7 Å². The molecule has 0 spiro atoms. The quantitative estimate of drug-likeness (QED) is 0.333. The standard InChI is InChI=1S/C22H33B4F5N6O2/c1-18(2,22(29,30)31)6-5-13(32)14-9-36-16(34-14)7-11(8-33-36)15(10-39-12-3-4-12)37-17(38)35-20(23,24)19(27,28)21(37,25)26/h7-9,12-13,15H,3-6,10,23-26,32H2,1-2H3,(H,35,38)/t13-,15+/m0/s1. The Morgan fingerprint density at radius 2 is 1.87 bits per heavy atom. The Morgan fingerprint density at radius 3 is 2.46 bits per heavy atom. The highest BCUT2D eigenvalue weighted by Crippen LogP contribution is 2.44. The van der Waals surface area contributed by atoms with Crippen LogP contribution in [0.4, 0.5) is 26.7 Å². The normalized spacial score (nSPS) is 22.5. The molecule has 17 heteroatoms. The molecular formula is C22H33B4F5N6O2. The number of hydrogen-bond donors (Lipinski definition) is 2. The van der Waals surface area contributed by atoms with Gasteiger partial charge in [0, 0.05) is 22.3 Å². The minimum absolute atomic E-state index is 0.00841. The predicted molar refractivity (Wildman–Crippen MR) is 146 cm³/mol. The number of nitrogens with zero attached hydrogens (tertiary/aromatic N) is 4. The van der Waals surface area contributed by atoms with Gasteiger partial charge in [-0.05, 0) is 31.7 Å². The minimum atomic E-state index is -4.36. The van der Waals surface area contributed by atoms with Crippen molar-refractivity contribution in [3.63, 3.8) is 0 Å². The molecule has 1 saturated carbocycles. The molecule has 2 atom stereocenters. The van der Waals surface area contributed by atoms with E-state index in [0.717, 1.165) is 31.6 Å². The Bertz CT molecular complexity index is 1240. The summed E-state index contributed by atoms with van der Waals surface area (Å²) in [6.07, 6.45) is 0.218. The molecular weight excluding hydrogens is 519 g/mol. The van der Waals surface area contributed by atoms with E-state index in [0.29, 0.717) is 16.9 Å². The number of fused-ring (bicyclic) bond motifs is 1. The van der Waals surface area contributed by atoms with E-state index in [4.69, 9.17) is 10.5 Å². The van der Waals surface area contributed by atoms with Gasteiger partial charge < -0.3 is 20.7 Å². The third kappa shape index (κ3) is 5.40. The molecule has 0 bridgehead atoms. The summed E-state index contributed by atoms with van der Waals surface area (Å²) >= 11 is 0. The van der Waals surface area contributed by atoms with Crippen LogP contribution in [0, 0.1) is 5.41 Å². The van der Waals surface area contributed by atoms with Gasteiger partial charge in [-0.2, -0.15) is 18.3 Å². The number of urea groups is 1. The van der Waals surface area contributed by atoms with Gasteiger partial charge in [-0.15, -0.1) is 0 Å². The van der Waals surface area contributed by atoms with Gasteiger partial charge in [0.15, 0.2) is 5.65 Å². The van der Waals surface area contributed by atoms with Crippen LogP contribution in [-0.2, 0) is 4.74 Å². The van der Waals surface area contributed by atoms with E-state index in [-0.39, 0.29) is 25.6 Å². The second-order valence-corrected chi connectivity index (χ2v) is 12.4. The third-order valence-corrected chi connectivity index (χ3v) is 8.09. The van der Waals surface area contributed by atoms with Crippen LogP contribution in [0.15, 0.2) is 18.5 Å². The van der Waals surface area contributed by atoms with Crippen LogP contribution in [-0.4, -0.2) is 92.4 Å². The third-order valence-electron chi connectivity index (χ3n) is 8.09. The molecule has 1 aliphatic heterocycles. The zero-order valence-electron chi connectivity index (χ0n) is 23.1. The Hall–Kier alpha value is -2.28. The number of carbonyl (C=O) groups excluding carboxylic acids is 1. The van der Waals surface area contributed by atoms with Crippen molar-refractivity contribution in [2.24, 2.45) is 11.1 Å². The number of aromatic nitrogens is 3. The van der Waals surface area contributed by atoms with Crippen LogP contribution >= 0.6 is 0 Å². The fourth-order valence-corrected chi connectivity index (χ4v) is 4.97. The van der Waals surface area contributed by atoms with E-state index in [1.54, 1.807) is 6.07 Å². The van der Waals surface area contributed by atoms with E-state index in [1.165, 1.54) is 48.3 Å². The van der Waals surface area contributed by atoms with Crippen molar-refractivity contribution >= 4 is 43.1 Å². The highest BCUT2D eigenvalue weighted by molar-refractivity contribution is 6.48. The molecule has 1 aliphatic carbocycles. The number of imidazole rings is 1. The molecule has 0 radical (unpaired) electrons. The van der Waals surface area contributed by atoms with Gasteiger partial charge in [0.25, 0.3) is 5.92 Å².